The van der Waals surface area contributed by atoms with Gasteiger partial charge in [0.15, 0.2) is 0 Å². The molecule has 0 spiro atoms. The first-order valence-corrected chi connectivity index (χ1v) is 8.86. The quantitative estimate of drug-likeness (QED) is 0.456. The first kappa shape index (κ1) is 20.3. The van der Waals surface area contributed by atoms with E-state index in [9.17, 15) is 13.2 Å². The lowest BCUT2D eigenvalue weighted by atomic mass is 10.2. The van der Waals surface area contributed by atoms with Gasteiger partial charge < -0.3 is 14.0 Å². The molecule has 0 atom stereocenters. The number of ether oxygens (including phenoxy) is 2. The van der Waals surface area contributed by atoms with Gasteiger partial charge in [0.25, 0.3) is 5.89 Å². The molecule has 0 fully saturated rings. The van der Waals surface area contributed by atoms with Crippen molar-refractivity contribution in [2.75, 3.05) is 7.11 Å². The highest BCUT2D eigenvalue weighted by Crippen LogP contribution is 2.30. The molecule has 12 heteroatoms. The van der Waals surface area contributed by atoms with Crippen LogP contribution in [-0.2, 0) is 19.8 Å². The Bertz CT molecular complexity index is 1170. The minimum absolute atomic E-state index is 0.0218. The first-order chi connectivity index (χ1) is 14.8. The van der Waals surface area contributed by atoms with Gasteiger partial charge in [0.1, 0.15) is 6.61 Å². The van der Waals surface area contributed by atoms with Gasteiger partial charge in [-0.2, -0.15) is 23.3 Å². The van der Waals surface area contributed by atoms with Gasteiger partial charge in [0.2, 0.25) is 17.6 Å². The predicted molar refractivity (Wildman–Crippen MR) is 99.9 cm³/mol. The molecule has 0 N–H and O–H groups in total. The Balaban J connectivity index is 1.52. The van der Waals surface area contributed by atoms with Crippen LogP contribution in [0.4, 0.5) is 13.2 Å². The SMILES string of the molecule is COc1ccc(-c2noc(-c3cnn(C)c3COc3ccc(C(F)(F)F)cn3)n2)cn1. The zero-order valence-electron chi connectivity index (χ0n) is 16.3. The number of nitrogens with zero attached hydrogens (tertiary/aromatic N) is 6. The first-order valence-electron chi connectivity index (χ1n) is 8.86. The second-order valence-electron chi connectivity index (χ2n) is 6.31. The molecule has 9 nitrogen and oxygen atoms in total. The number of rotatable bonds is 6. The fraction of sp³-hybridized carbons (Fsp3) is 0.211. The van der Waals surface area contributed by atoms with Crippen LogP contribution in [0.15, 0.2) is 47.4 Å². The number of methoxy groups -OCH3 is 1. The van der Waals surface area contributed by atoms with Gasteiger partial charge in [-0.1, -0.05) is 5.16 Å². The molecular formula is C19H15F3N6O3. The van der Waals surface area contributed by atoms with Crippen molar-refractivity contribution in [3.8, 4) is 34.6 Å². The van der Waals surface area contributed by atoms with Crippen molar-refractivity contribution < 1.29 is 27.2 Å². The minimum atomic E-state index is -4.46. The van der Waals surface area contributed by atoms with E-state index < -0.39 is 11.7 Å². The largest absolute Gasteiger partial charge is 0.481 e. The smallest absolute Gasteiger partial charge is 0.417 e. The summed E-state index contributed by atoms with van der Waals surface area (Å²) in [5.41, 5.74) is 0.873. The van der Waals surface area contributed by atoms with Crippen LogP contribution in [0.1, 0.15) is 11.3 Å². The highest BCUT2D eigenvalue weighted by atomic mass is 19.4. The van der Waals surface area contributed by atoms with Crippen molar-refractivity contribution in [2.45, 2.75) is 12.8 Å². The summed E-state index contributed by atoms with van der Waals surface area (Å²) in [5.74, 6) is 1.02. The maximum atomic E-state index is 12.7. The summed E-state index contributed by atoms with van der Waals surface area (Å²) in [5, 5.41) is 8.12. The Hall–Kier alpha value is -3.96. The van der Waals surface area contributed by atoms with Crippen molar-refractivity contribution >= 4 is 0 Å². The number of alkyl halides is 3. The monoisotopic (exact) mass is 432 g/mol. The van der Waals surface area contributed by atoms with E-state index in [0.29, 0.717) is 34.7 Å². The molecule has 0 saturated carbocycles. The van der Waals surface area contributed by atoms with Crippen LogP contribution in [0.25, 0.3) is 22.8 Å². The van der Waals surface area contributed by atoms with Crippen molar-refractivity contribution in [1.82, 2.24) is 29.9 Å². The Morgan fingerprint density at radius 1 is 1.03 bits per heavy atom. The topological polar surface area (TPSA) is 101 Å². The number of hydrogen-bond acceptors (Lipinski definition) is 8. The molecule has 0 unspecified atom stereocenters. The zero-order chi connectivity index (χ0) is 22.0. The van der Waals surface area contributed by atoms with Gasteiger partial charge in [0, 0.05) is 37.1 Å². The average molecular weight is 432 g/mol. The molecular weight excluding hydrogens is 417 g/mol. The molecule has 4 heterocycles. The van der Waals surface area contributed by atoms with E-state index in [0.717, 1.165) is 12.1 Å². The Morgan fingerprint density at radius 3 is 2.45 bits per heavy atom. The molecule has 4 aromatic rings. The van der Waals surface area contributed by atoms with Gasteiger partial charge >= 0.3 is 6.18 Å². The van der Waals surface area contributed by atoms with Crippen molar-refractivity contribution in [3.05, 3.63) is 54.1 Å². The van der Waals surface area contributed by atoms with E-state index in [1.54, 1.807) is 25.4 Å². The normalized spacial score (nSPS) is 11.5. The minimum Gasteiger partial charge on any atom is -0.481 e. The van der Waals surface area contributed by atoms with E-state index in [4.69, 9.17) is 14.0 Å². The lowest BCUT2D eigenvalue weighted by Gasteiger charge is -2.09. The number of aromatic nitrogens is 6. The van der Waals surface area contributed by atoms with Crippen molar-refractivity contribution in [2.24, 2.45) is 7.05 Å². The lowest BCUT2D eigenvalue weighted by molar-refractivity contribution is -0.137. The Labute approximate surface area is 173 Å². The molecule has 0 aliphatic rings. The number of aryl methyl sites for hydroxylation is 1. The molecule has 0 bridgehead atoms. The molecule has 160 valence electrons. The third-order valence-electron chi connectivity index (χ3n) is 4.34. The summed E-state index contributed by atoms with van der Waals surface area (Å²) in [4.78, 5) is 12.2. The van der Waals surface area contributed by atoms with Crippen LogP contribution in [-0.4, -0.2) is 37.0 Å². The van der Waals surface area contributed by atoms with Gasteiger partial charge in [-0.05, 0) is 12.1 Å². The molecule has 0 radical (unpaired) electrons. The molecule has 0 saturated heterocycles. The number of halogens is 3. The predicted octanol–water partition coefficient (Wildman–Crippen LogP) is 3.53. The Morgan fingerprint density at radius 2 is 1.81 bits per heavy atom. The van der Waals surface area contributed by atoms with Crippen LogP contribution in [0.3, 0.4) is 0 Å². The molecule has 31 heavy (non-hydrogen) atoms. The van der Waals surface area contributed by atoms with E-state index >= 15 is 0 Å². The Kier molecular flexibility index (Phi) is 5.28. The van der Waals surface area contributed by atoms with E-state index in [2.05, 4.69) is 25.2 Å². The third-order valence-corrected chi connectivity index (χ3v) is 4.34. The summed E-state index contributed by atoms with van der Waals surface area (Å²) in [6.45, 7) is -0.0218. The fourth-order valence-corrected chi connectivity index (χ4v) is 2.67. The average Bonchev–Trinajstić information content (AvgIpc) is 3.39. The standard InChI is InChI=1S/C19H15F3N6O3/c1-28-14(10-30-16-6-4-12(8-24-16)19(20,21)22)13(9-25-28)18-26-17(27-31-18)11-3-5-15(29-2)23-7-11/h3-9H,10H2,1-2H3. The molecule has 4 rings (SSSR count). The molecule has 0 amide bonds. The van der Waals surface area contributed by atoms with E-state index in [-0.39, 0.29) is 18.4 Å². The zero-order valence-corrected chi connectivity index (χ0v) is 16.3. The van der Waals surface area contributed by atoms with Gasteiger partial charge in [-0.15, -0.1) is 0 Å². The summed E-state index contributed by atoms with van der Waals surface area (Å²) in [6.07, 6.45) is -0.665. The summed E-state index contributed by atoms with van der Waals surface area (Å²) in [7, 11) is 3.20. The third kappa shape index (κ3) is 4.32. The maximum Gasteiger partial charge on any atom is 0.417 e. The second-order valence-corrected chi connectivity index (χ2v) is 6.31. The van der Waals surface area contributed by atoms with Gasteiger partial charge in [0.05, 0.1) is 30.1 Å². The summed E-state index contributed by atoms with van der Waals surface area (Å²) >= 11 is 0. The fourth-order valence-electron chi connectivity index (χ4n) is 2.67. The maximum absolute atomic E-state index is 12.7. The molecule has 0 aliphatic heterocycles. The van der Waals surface area contributed by atoms with Crippen LogP contribution >= 0.6 is 0 Å². The number of pyridine rings is 2. The van der Waals surface area contributed by atoms with Crippen molar-refractivity contribution in [1.29, 1.82) is 0 Å². The molecule has 0 aromatic carbocycles. The van der Waals surface area contributed by atoms with Crippen LogP contribution in [0.5, 0.6) is 11.8 Å². The molecule has 0 aliphatic carbocycles. The highest BCUT2D eigenvalue weighted by Gasteiger charge is 2.30. The van der Waals surface area contributed by atoms with Crippen LogP contribution in [0, 0.1) is 0 Å². The van der Waals surface area contributed by atoms with E-state index in [1.807, 2.05) is 0 Å². The van der Waals surface area contributed by atoms with E-state index in [1.165, 1.54) is 18.0 Å². The highest BCUT2D eigenvalue weighted by molar-refractivity contribution is 5.60. The molecule has 4 aromatic heterocycles. The second kappa shape index (κ2) is 8.05. The van der Waals surface area contributed by atoms with Crippen LogP contribution < -0.4 is 9.47 Å². The number of hydrogen-bond donors (Lipinski definition) is 0. The van der Waals surface area contributed by atoms with Gasteiger partial charge in [-0.25, -0.2) is 9.97 Å². The summed E-state index contributed by atoms with van der Waals surface area (Å²) in [6, 6.07) is 5.47. The van der Waals surface area contributed by atoms with Gasteiger partial charge in [-0.3, -0.25) is 4.68 Å². The lowest BCUT2D eigenvalue weighted by Crippen LogP contribution is -2.07. The van der Waals surface area contributed by atoms with Crippen molar-refractivity contribution in [3.63, 3.8) is 0 Å². The summed E-state index contributed by atoms with van der Waals surface area (Å²) < 4.78 is 55.4. The van der Waals surface area contributed by atoms with Crippen LogP contribution in [0.2, 0.25) is 0 Å².